The number of morpholine rings is 1. The first-order valence-corrected chi connectivity index (χ1v) is 8.24. The van der Waals surface area contributed by atoms with Gasteiger partial charge < -0.3 is 10.5 Å². The van der Waals surface area contributed by atoms with Gasteiger partial charge >= 0.3 is 0 Å². The van der Waals surface area contributed by atoms with Gasteiger partial charge in [0.1, 0.15) is 0 Å². The number of nitrogen functional groups attached to an aromatic ring is 1. The maximum Gasteiger partial charge on any atom is 0.243 e. The number of halogens is 1. The van der Waals surface area contributed by atoms with Crippen LogP contribution in [0, 0.1) is 0 Å². The van der Waals surface area contributed by atoms with Gasteiger partial charge in [0.15, 0.2) is 0 Å². The molecule has 1 fully saturated rings. The minimum atomic E-state index is -3.53. The number of anilines is 1. The molecule has 1 aliphatic heterocycles. The van der Waals surface area contributed by atoms with E-state index in [0.717, 1.165) is 0 Å². The number of hydrogen-bond acceptors (Lipinski definition) is 4. The highest BCUT2D eigenvalue weighted by Gasteiger charge is 2.34. The zero-order chi connectivity index (χ0) is 14.2. The van der Waals surface area contributed by atoms with E-state index in [0.29, 0.717) is 23.3 Å². The molecule has 1 aromatic rings. The summed E-state index contributed by atoms with van der Waals surface area (Å²) in [5.41, 5.74) is 6.17. The average Bonchev–Trinajstić information content (AvgIpc) is 2.35. The standard InChI is InChI=1S/C12H17BrN2O3S/c1-8-7-18-9(2)6-15(8)19(16,17)10-3-4-11(13)12(14)5-10/h3-5,8-9H,6-7,14H2,1-2H3. The Morgan fingerprint density at radius 1 is 1.42 bits per heavy atom. The second-order valence-corrected chi connectivity index (χ2v) is 7.50. The smallest absolute Gasteiger partial charge is 0.243 e. The summed E-state index contributed by atoms with van der Waals surface area (Å²) in [5, 5.41) is 0. The SMILES string of the molecule is CC1CN(S(=O)(=O)c2ccc(Br)c(N)c2)C(C)CO1. The molecule has 106 valence electrons. The number of ether oxygens (including phenoxy) is 1. The Kier molecular flexibility index (Phi) is 4.20. The van der Waals surface area contributed by atoms with Crippen LogP contribution in [0.3, 0.4) is 0 Å². The summed E-state index contributed by atoms with van der Waals surface area (Å²) in [6.07, 6.45) is -0.0984. The molecule has 2 unspecified atom stereocenters. The van der Waals surface area contributed by atoms with Gasteiger partial charge in [-0.25, -0.2) is 8.42 Å². The van der Waals surface area contributed by atoms with Crippen LogP contribution in [0.1, 0.15) is 13.8 Å². The molecule has 0 aromatic heterocycles. The topological polar surface area (TPSA) is 72.6 Å². The first kappa shape index (κ1) is 14.8. The molecular weight excluding hydrogens is 332 g/mol. The lowest BCUT2D eigenvalue weighted by Crippen LogP contribution is -2.50. The summed E-state index contributed by atoms with van der Waals surface area (Å²) in [7, 11) is -3.53. The van der Waals surface area contributed by atoms with Gasteiger partial charge in [-0.1, -0.05) is 0 Å². The van der Waals surface area contributed by atoms with Crippen LogP contribution in [0.5, 0.6) is 0 Å². The Balaban J connectivity index is 2.38. The highest BCUT2D eigenvalue weighted by atomic mass is 79.9. The van der Waals surface area contributed by atoms with Crippen molar-refractivity contribution < 1.29 is 13.2 Å². The van der Waals surface area contributed by atoms with Crippen LogP contribution < -0.4 is 5.73 Å². The summed E-state index contributed by atoms with van der Waals surface area (Å²) in [5.74, 6) is 0. The van der Waals surface area contributed by atoms with E-state index >= 15 is 0 Å². The van der Waals surface area contributed by atoms with E-state index < -0.39 is 10.0 Å². The van der Waals surface area contributed by atoms with Crippen LogP contribution in [-0.2, 0) is 14.8 Å². The molecule has 2 rings (SSSR count). The van der Waals surface area contributed by atoms with Crippen molar-refractivity contribution in [3.8, 4) is 0 Å². The van der Waals surface area contributed by atoms with Crippen molar-refractivity contribution in [3.63, 3.8) is 0 Å². The van der Waals surface area contributed by atoms with E-state index in [1.165, 1.54) is 10.4 Å². The van der Waals surface area contributed by atoms with Gasteiger partial charge in [-0.15, -0.1) is 0 Å². The second-order valence-electron chi connectivity index (χ2n) is 4.75. The predicted molar refractivity (Wildman–Crippen MR) is 77.3 cm³/mol. The molecular formula is C12H17BrN2O3S. The van der Waals surface area contributed by atoms with E-state index in [9.17, 15) is 8.42 Å². The predicted octanol–water partition coefficient (Wildman–Crippen LogP) is 1.83. The Bertz CT molecular complexity index is 576. The minimum Gasteiger partial charge on any atom is -0.398 e. The molecule has 0 bridgehead atoms. The molecule has 2 N–H and O–H groups in total. The minimum absolute atomic E-state index is 0.0984. The molecule has 7 heteroatoms. The van der Waals surface area contributed by atoms with Gasteiger partial charge in [-0.05, 0) is 48.0 Å². The van der Waals surface area contributed by atoms with E-state index in [1.54, 1.807) is 12.1 Å². The summed E-state index contributed by atoms with van der Waals surface area (Å²) >= 11 is 3.26. The van der Waals surface area contributed by atoms with Crippen molar-refractivity contribution in [1.29, 1.82) is 0 Å². The van der Waals surface area contributed by atoms with Crippen molar-refractivity contribution in [2.75, 3.05) is 18.9 Å². The van der Waals surface area contributed by atoms with E-state index in [1.807, 2.05) is 13.8 Å². The average molecular weight is 349 g/mol. The third kappa shape index (κ3) is 2.94. The number of sulfonamides is 1. The van der Waals surface area contributed by atoms with Crippen LogP contribution in [0.2, 0.25) is 0 Å². The Morgan fingerprint density at radius 3 is 2.74 bits per heavy atom. The normalized spacial score (nSPS) is 25.4. The molecule has 1 aromatic carbocycles. The largest absolute Gasteiger partial charge is 0.398 e. The van der Waals surface area contributed by atoms with Gasteiger partial charge in [-0.3, -0.25) is 0 Å². The van der Waals surface area contributed by atoms with Crippen molar-refractivity contribution >= 4 is 31.6 Å². The summed E-state index contributed by atoms with van der Waals surface area (Å²) < 4.78 is 32.8. The van der Waals surface area contributed by atoms with Crippen molar-refractivity contribution in [2.45, 2.75) is 30.9 Å². The molecule has 1 heterocycles. The molecule has 2 atom stereocenters. The van der Waals surface area contributed by atoms with Crippen LogP contribution in [0.4, 0.5) is 5.69 Å². The third-order valence-corrected chi connectivity index (χ3v) is 5.82. The number of hydrogen-bond donors (Lipinski definition) is 1. The van der Waals surface area contributed by atoms with Crippen LogP contribution in [0.25, 0.3) is 0 Å². The first-order valence-electron chi connectivity index (χ1n) is 6.01. The van der Waals surface area contributed by atoms with E-state index in [-0.39, 0.29) is 17.0 Å². The molecule has 0 radical (unpaired) electrons. The molecule has 1 saturated heterocycles. The molecule has 0 saturated carbocycles. The maximum atomic E-state index is 12.6. The van der Waals surface area contributed by atoms with E-state index in [2.05, 4.69) is 15.9 Å². The molecule has 0 amide bonds. The molecule has 5 nitrogen and oxygen atoms in total. The Morgan fingerprint density at radius 2 is 2.11 bits per heavy atom. The highest BCUT2D eigenvalue weighted by molar-refractivity contribution is 9.10. The van der Waals surface area contributed by atoms with Crippen molar-refractivity contribution in [2.24, 2.45) is 0 Å². The number of nitrogens with zero attached hydrogens (tertiary/aromatic N) is 1. The summed E-state index contributed by atoms with van der Waals surface area (Å²) in [6, 6.07) is 4.51. The summed E-state index contributed by atoms with van der Waals surface area (Å²) in [6.45, 7) is 4.47. The zero-order valence-corrected chi connectivity index (χ0v) is 13.2. The fourth-order valence-electron chi connectivity index (χ4n) is 2.03. The van der Waals surface area contributed by atoms with Crippen LogP contribution in [-0.4, -0.2) is 38.0 Å². The monoisotopic (exact) mass is 348 g/mol. The first-order chi connectivity index (χ1) is 8.82. The highest BCUT2D eigenvalue weighted by Crippen LogP contribution is 2.27. The van der Waals surface area contributed by atoms with Gasteiger partial charge in [0, 0.05) is 22.7 Å². The van der Waals surface area contributed by atoms with E-state index in [4.69, 9.17) is 10.5 Å². The Hall–Kier alpha value is -0.630. The zero-order valence-electron chi connectivity index (χ0n) is 10.8. The molecule has 19 heavy (non-hydrogen) atoms. The second kappa shape index (κ2) is 5.40. The lowest BCUT2D eigenvalue weighted by Gasteiger charge is -2.35. The van der Waals surface area contributed by atoms with Gasteiger partial charge in [0.25, 0.3) is 0 Å². The molecule has 0 spiro atoms. The number of nitrogens with two attached hydrogens (primary N) is 1. The van der Waals surface area contributed by atoms with Crippen molar-refractivity contribution in [1.82, 2.24) is 4.31 Å². The van der Waals surface area contributed by atoms with Crippen molar-refractivity contribution in [3.05, 3.63) is 22.7 Å². The van der Waals surface area contributed by atoms with Gasteiger partial charge in [0.2, 0.25) is 10.0 Å². The quantitative estimate of drug-likeness (QED) is 0.827. The molecule has 0 aliphatic carbocycles. The van der Waals surface area contributed by atoms with Crippen LogP contribution >= 0.6 is 15.9 Å². The lowest BCUT2D eigenvalue weighted by atomic mass is 10.2. The van der Waals surface area contributed by atoms with Crippen LogP contribution in [0.15, 0.2) is 27.6 Å². The third-order valence-electron chi connectivity index (χ3n) is 3.12. The number of rotatable bonds is 2. The van der Waals surface area contributed by atoms with Gasteiger partial charge in [0.05, 0.1) is 17.6 Å². The van der Waals surface area contributed by atoms with Gasteiger partial charge in [-0.2, -0.15) is 4.31 Å². The number of benzene rings is 1. The maximum absolute atomic E-state index is 12.6. The fourth-order valence-corrected chi connectivity index (χ4v) is 4.00. The fraction of sp³-hybridized carbons (Fsp3) is 0.500. The summed E-state index contributed by atoms with van der Waals surface area (Å²) in [4.78, 5) is 0.217. The molecule has 1 aliphatic rings. The lowest BCUT2D eigenvalue weighted by molar-refractivity contribution is -0.0170. The Labute approximate surface area is 121 Å².